The standard InChI is InChI=1S/C15H19FN4O.2ClH/c1-17-7-10-3-2-4-20(8-10)15(21)12-5-11(16)6-13-14(12)19-9-18-13;;/h5-6,9-10,17H,2-4,7-8H2,1H3,(H,18,19);2*1H. The molecule has 2 aromatic rings. The molecule has 0 bridgehead atoms. The van der Waals surface area contributed by atoms with Gasteiger partial charge in [0, 0.05) is 13.1 Å². The van der Waals surface area contributed by atoms with Gasteiger partial charge in [-0.15, -0.1) is 24.8 Å². The van der Waals surface area contributed by atoms with Crippen LogP contribution in [0.2, 0.25) is 0 Å². The van der Waals surface area contributed by atoms with Gasteiger partial charge in [0.25, 0.3) is 5.91 Å². The maximum atomic E-state index is 13.7. The summed E-state index contributed by atoms with van der Waals surface area (Å²) in [6.45, 7) is 2.33. The number of likely N-dealkylation sites (tertiary alicyclic amines) is 1. The van der Waals surface area contributed by atoms with E-state index >= 15 is 0 Å². The summed E-state index contributed by atoms with van der Waals surface area (Å²) in [5, 5.41) is 3.16. The fraction of sp³-hybridized carbons (Fsp3) is 0.467. The smallest absolute Gasteiger partial charge is 0.256 e. The van der Waals surface area contributed by atoms with Crippen LogP contribution < -0.4 is 5.32 Å². The molecular formula is C15H21Cl2FN4O. The van der Waals surface area contributed by atoms with E-state index in [-0.39, 0.29) is 30.7 Å². The molecule has 5 nitrogen and oxygen atoms in total. The van der Waals surface area contributed by atoms with Crippen LogP contribution in [0.1, 0.15) is 23.2 Å². The number of imidazole rings is 1. The van der Waals surface area contributed by atoms with E-state index in [1.807, 2.05) is 11.9 Å². The van der Waals surface area contributed by atoms with Gasteiger partial charge in [-0.2, -0.15) is 0 Å². The number of rotatable bonds is 3. The highest BCUT2D eigenvalue weighted by molar-refractivity contribution is 6.04. The lowest BCUT2D eigenvalue weighted by atomic mass is 9.97. The van der Waals surface area contributed by atoms with Crippen molar-refractivity contribution >= 4 is 41.8 Å². The number of nitrogens with zero attached hydrogens (tertiary/aromatic N) is 2. The van der Waals surface area contributed by atoms with Gasteiger partial charge in [-0.3, -0.25) is 4.79 Å². The van der Waals surface area contributed by atoms with Crippen molar-refractivity contribution in [2.24, 2.45) is 5.92 Å². The van der Waals surface area contributed by atoms with E-state index in [1.165, 1.54) is 18.5 Å². The molecular weight excluding hydrogens is 342 g/mol. The molecule has 1 unspecified atom stereocenters. The van der Waals surface area contributed by atoms with Gasteiger partial charge in [0.05, 0.1) is 17.4 Å². The quantitative estimate of drug-likeness (QED) is 0.881. The summed E-state index contributed by atoms with van der Waals surface area (Å²) in [5.41, 5.74) is 1.44. The van der Waals surface area contributed by atoms with Crippen molar-refractivity contribution in [2.75, 3.05) is 26.7 Å². The number of H-pyrrole nitrogens is 1. The lowest BCUT2D eigenvalue weighted by Crippen LogP contribution is -2.42. The maximum Gasteiger partial charge on any atom is 0.256 e. The number of aromatic amines is 1. The number of hydrogen-bond donors (Lipinski definition) is 2. The zero-order chi connectivity index (χ0) is 14.8. The Kier molecular flexibility index (Phi) is 7.25. The molecule has 3 rings (SSSR count). The van der Waals surface area contributed by atoms with E-state index in [9.17, 15) is 9.18 Å². The van der Waals surface area contributed by atoms with Crippen LogP contribution in [-0.2, 0) is 0 Å². The van der Waals surface area contributed by atoms with E-state index in [1.54, 1.807) is 0 Å². The first kappa shape index (κ1) is 19.7. The molecule has 2 N–H and O–H groups in total. The van der Waals surface area contributed by atoms with Crippen LogP contribution >= 0.6 is 24.8 Å². The normalized spacial score (nSPS) is 17.5. The van der Waals surface area contributed by atoms with E-state index < -0.39 is 5.82 Å². The number of fused-ring (bicyclic) bond motifs is 1. The fourth-order valence-electron chi connectivity index (χ4n) is 3.05. The van der Waals surface area contributed by atoms with Crippen LogP contribution in [0, 0.1) is 11.7 Å². The first-order chi connectivity index (χ1) is 10.2. The van der Waals surface area contributed by atoms with Crippen LogP contribution in [0.4, 0.5) is 4.39 Å². The van der Waals surface area contributed by atoms with Crippen LogP contribution in [-0.4, -0.2) is 47.5 Å². The van der Waals surface area contributed by atoms with Crippen molar-refractivity contribution in [3.63, 3.8) is 0 Å². The largest absolute Gasteiger partial charge is 0.344 e. The van der Waals surface area contributed by atoms with Gasteiger partial charge in [-0.05, 0) is 44.5 Å². The first-order valence-corrected chi connectivity index (χ1v) is 7.25. The molecule has 8 heteroatoms. The molecule has 0 saturated carbocycles. The fourth-order valence-corrected chi connectivity index (χ4v) is 3.05. The first-order valence-electron chi connectivity index (χ1n) is 7.25. The minimum atomic E-state index is -0.418. The summed E-state index contributed by atoms with van der Waals surface area (Å²) in [5.74, 6) is -0.0952. The summed E-state index contributed by atoms with van der Waals surface area (Å²) < 4.78 is 13.7. The summed E-state index contributed by atoms with van der Waals surface area (Å²) in [6.07, 6.45) is 3.59. The number of benzene rings is 1. The Balaban J connectivity index is 0.00000132. The zero-order valence-corrected chi connectivity index (χ0v) is 14.5. The van der Waals surface area contributed by atoms with Crippen molar-refractivity contribution in [1.82, 2.24) is 20.2 Å². The second-order valence-corrected chi connectivity index (χ2v) is 5.57. The highest BCUT2D eigenvalue weighted by Gasteiger charge is 2.26. The Hall–Kier alpha value is -1.37. The highest BCUT2D eigenvalue weighted by atomic mass is 35.5. The van der Waals surface area contributed by atoms with Crippen LogP contribution in [0.25, 0.3) is 11.0 Å². The topological polar surface area (TPSA) is 61.0 Å². The number of amides is 1. The Bertz CT molecular complexity index is 662. The Morgan fingerprint density at radius 2 is 2.26 bits per heavy atom. The average Bonchev–Trinajstić information content (AvgIpc) is 2.94. The Morgan fingerprint density at radius 3 is 3.00 bits per heavy atom. The van der Waals surface area contributed by atoms with Crippen molar-refractivity contribution in [1.29, 1.82) is 0 Å². The molecule has 0 radical (unpaired) electrons. The molecule has 128 valence electrons. The Labute approximate surface area is 146 Å². The minimum Gasteiger partial charge on any atom is -0.344 e. The summed E-state index contributed by atoms with van der Waals surface area (Å²) in [6, 6.07) is 2.65. The molecule has 1 atom stereocenters. The third kappa shape index (κ3) is 4.13. The third-order valence-corrected chi connectivity index (χ3v) is 4.02. The summed E-state index contributed by atoms with van der Waals surface area (Å²) in [7, 11) is 1.92. The molecule has 1 aromatic carbocycles. The molecule has 1 amide bonds. The van der Waals surface area contributed by atoms with Crippen molar-refractivity contribution in [3.8, 4) is 0 Å². The molecule has 0 spiro atoms. The minimum absolute atomic E-state index is 0. The molecule has 1 fully saturated rings. The van der Waals surface area contributed by atoms with Crippen molar-refractivity contribution in [2.45, 2.75) is 12.8 Å². The molecule has 1 aromatic heterocycles. The van der Waals surface area contributed by atoms with Gasteiger partial charge in [-0.25, -0.2) is 9.37 Å². The maximum absolute atomic E-state index is 13.7. The monoisotopic (exact) mass is 362 g/mol. The zero-order valence-electron chi connectivity index (χ0n) is 12.8. The second kappa shape index (κ2) is 8.47. The number of halogens is 3. The lowest BCUT2D eigenvalue weighted by Gasteiger charge is -2.32. The Morgan fingerprint density at radius 1 is 1.48 bits per heavy atom. The molecule has 1 aliphatic rings. The van der Waals surface area contributed by atoms with Gasteiger partial charge in [0.15, 0.2) is 0 Å². The van der Waals surface area contributed by atoms with E-state index in [0.717, 1.165) is 25.9 Å². The van der Waals surface area contributed by atoms with Crippen LogP contribution in [0.3, 0.4) is 0 Å². The number of piperidine rings is 1. The van der Waals surface area contributed by atoms with Crippen LogP contribution in [0.5, 0.6) is 0 Å². The van der Waals surface area contributed by atoms with Gasteiger partial charge in [0.1, 0.15) is 11.3 Å². The van der Waals surface area contributed by atoms with Gasteiger partial charge < -0.3 is 15.2 Å². The summed E-state index contributed by atoms with van der Waals surface area (Å²) >= 11 is 0. The molecule has 1 saturated heterocycles. The molecule has 2 heterocycles. The molecule has 23 heavy (non-hydrogen) atoms. The number of aromatic nitrogens is 2. The second-order valence-electron chi connectivity index (χ2n) is 5.57. The molecule has 0 aliphatic carbocycles. The summed E-state index contributed by atoms with van der Waals surface area (Å²) in [4.78, 5) is 21.5. The van der Waals surface area contributed by atoms with Crippen molar-refractivity contribution < 1.29 is 9.18 Å². The lowest BCUT2D eigenvalue weighted by molar-refractivity contribution is 0.0675. The SMILES string of the molecule is CNCC1CCCN(C(=O)c2cc(F)cc3[nH]cnc23)C1.Cl.Cl. The van der Waals surface area contributed by atoms with Gasteiger partial charge in [0.2, 0.25) is 0 Å². The predicted molar refractivity (Wildman–Crippen MR) is 93.1 cm³/mol. The predicted octanol–water partition coefficient (Wildman–Crippen LogP) is 2.62. The number of carbonyl (C=O) groups is 1. The van der Waals surface area contributed by atoms with Gasteiger partial charge >= 0.3 is 0 Å². The highest BCUT2D eigenvalue weighted by Crippen LogP contribution is 2.22. The van der Waals surface area contributed by atoms with E-state index in [2.05, 4.69) is 15.3 Å². The van der Waals surface area contributed by atoms with E-state index in [0.29, 0.717) is 29.1 Å². The van der Waals surface area contributed by atoms with E-state index in [4.69, 9.17) is 0 Å². The third-order valence-electron chi connectivity index (χ3n) is 4.02. The number of carbonyl (C=O) groups excluding carboxylic acids is 1. The number of nitrogens with one attached hydrogen (secondary N) is 2. The van der Waals surface area contributed by atoms with Crippen LogP contribution in [0.15, 0.2) is 18.5 Å². The van der Waals surface area contributed by atoms with Gasteiger partial charge in [-0.1, -0.05) is 0 Å². The number of hydrogen-bond acceptors (Lipinski definition) is 3. The molecule has 1 aliphatic heterocycles. The van der Waals surface area contributed by atoms with Crippen molar-refractivity contribution in [3.05, 3.63) is 29.8 Å². The average molecular weight is 363 g/mol.